The first-order valence-corrected chi connectivity index (χ1v) is 7.37. The average molecular weight is 339 g/mol. The van der Waals surface area contributed by atoms with Crippen molar-refractivity contribution in [2.75, 3.05) is 5.43 Å². The van der Waals surface area contributed by atoms with Crippen molar-refractivity contribution in [1.29, 1.82) is 0 Å². The van der Waals surface area contributed by atoms with E-state index in [9.17, 15) is 4.79 Å². The molecule has 2 aromatic rings. The van der Waals surface area contributed by atoms with Gasteiger partial charge in [-0.1, -0.05) is 13.8 Å². The van der Waals surface area contributed by atoms with Gasteiger partial charge in [-0.3, -0.25) is 14.9 Å². The Morgan fingerprint density at radius 1 is 1.30 bits per heavy atom. The summed E-state index contributed by atoms with van der Waals surface area (Å²) in [5.74, 6) is 0.375. The smallest absolute Gasteiger partial charge is 0.283 e. The summed E-state index contributed by atoms with van der Waals surface area (Å²) in [4.78, 5) is 12.2. The zero-order chi connectivity index (χ0) is 14.9. The molecule has 0 radical (unpaired) electrons. The summed E-state index contributed by atoms with van der Waals surface area (Å²) < 4.78 is 3.91. The van der Waals surface area contributed by atoms with Gasteiger partial charge in [0.15, 0.2) is 0 Å². The SMILES string of the molecule is Cc1ccc(C)n1Nc1cnn(CC(C)C)c(=O)c1Br. The summed E-state index contributed by atoms with van der Waals surface area (Å²) in [7, 11) is 0. The van der Waals surface area contributed by atoms with Crippen LogP contribution in [0.25, 0.3) is 0 Å². The normalized spacial score (nSPS) is 11.1. The van der Waals surface area contributed by atoms with E-state index in [-0.39, 0.29) is 5.56 Å². The molecule has 0 bridgehead atoms. The third kappa shape index (κ3) is 2.95. The lowest BCUT2D eigenvalue weighted by molar-refractivity contribution is 0.462. The molecule has 0 aliphatic rings. The van der Waals surface area contributed by atoms with Crippen LogP contribution in [0.3, 0.4) is 0 Å². The Bertz CT molecular complexity index is 653. The summed E-state index contributed by atoms with van der Waals surface area (Å²) in [5.41, 5.74) is 5.89. The molecule has 2 heterocycles. The van der Waals surface area contributed by atoms with E-state index < -0.39 is 0 Å². The third-order valence-electron chi connectivity index (χ3n) is 3.03. The van der Waals surface area contributed by atoms with Crippen LogP contribution < -0.4 is 11.0 Å². The maximum absolute atomic E-state index is 12.2. The molecule has 0 fully saturated rings. The van der Waals surface area contributed by atoms with Gasteiger partial charge in [-0.15, -0.1) is 0 Å². The van der Waals surface area contributed by atoms with Crippen molar-refractivity contribution >= 4 is 21.6 Å². The van der Waals surface area contributed by atoms with E-state index >= 15 is 0 Å². The minimum Gasteiger partial charge on any atom is -0.291 e. The first kappa shape index (κ1) is 14.8. The molecule has 6 heteroatoms. The number of hydrogen-bond acceptors (Lipinski definition) is 3. The number of nitrogens with one attached hydrogen (secondary N) is 1. The Hall–Kier alpha value is -1.56. The zero-order valence-corrected chi connectivity index (χ0v) is 13.7. The molecule has 108 valence electrons. The molecule has 0 aromatic carbocycles. The number of aromatic nitrogens is 3. The lowest BCUT2D eigenvalue weighted by atomic mass is 10.2. The largest absolute Gasteiger partial charge is 0.291 e. The molecule has 2 aromatic heterocycles. The molecule has 0 aliphatic carbocycles. The molecule has 20 heavy (non-hydrogen) atoms. The van der Waals surface area contributed by atoms with Crippen molar-refractivity contribution < 1.29 is 0 Å². The lowest BCUT2D eigenvalue weighted by Gasteiger charge is -2.15. The molecule has 5 nitrogen and oxygen atoms in total. The molecule has 0 aliphatic heterocycles. The number of rotatable bonds is 4. The van der Waals surface area contributed by atoms with Gasteiger partial charge in [0.05, 0.1) is 11.9 Å². The van der Waals surface area contributed by atoms with Crippen LogP contribution in [0.1, 0.15) is 25.2 Å². The first-order valence-electron chi connectivity index (χ1n) is 6.57. The number of anilines is 1. The number of halogens is 1. The van der Waals surface area contributed by atoms with Crippen LogP contribution in [-0.4, -0.2) is 14.5 Å². The Balaban J connectivity index is 2.35. The van der Waals surface area contributed by atoms with Gasteiger partial charge in [-0.05, 0) is 47.8 Å². The molecule has 0 unspecified atom stereocenters. The number of nitrogens with zero attached hydrogens (tertiary/aromatic N) is 3. The molecular weight excluding hydrogens is 320 g/mol. The highest BCUT2D eigenvalue weighted by Gasteiger charge is 2.11. The lowest BCUT2D eigenvalue weighted by Crippen LogP contribution is -2.27. The Labute approximate surface area is 126 Å². The molecule has 2 rings (SSSR count). The maximum atomic E-state index is 12.2. The summed E-state index contributed by atoms with van der Waals surface area (Å²) in [5, 5.41) is 4.22. The number of aryl methyl sites for hydroxylation is 2. The first-order chi connectivity index (χ1) is 9.40. The topological polar surface area (TPSA) is 51.9 Å². The van der Waals surface area contributed by atoms with Crippen LogP contribution in [0, 0.1) is 19.8 Å². The minimum atomic E-state index is -0.119. The molecule has 0 amide bonds. The van der Waals surface area contributed by atoms with E-state index in [2.05, 4.69) is 40.3 Å². The van der Waals surface area contributed by atoms with Crippen LogP contribution in [0.4, 0.5) is 5.69 Å². The second kappa shape index (κ2) is 5.83. The highest BCUT2D eigenvalue weighted by atomic mass is 79.9. The van der Waals surface area contributed by atoms with Crippen molar-refractivity contribution in [3.63, 3.8) is 0 Å². The van der Waals surface area contributed by atoms with Gasteiger partial charge in [0.1, 0.15) is 4.47 Å². The van der Waals surface area contributed by atoms with Crippen LogP contribution in [0.2, 0.25) is 0 Å². The van der Waals surface area contributed by atoms with E-state index in [4.69, 9.17) is 0 Å². The van der Waals surface area contributed by atoms with E-state index in [1.165, 1.54) is 4.68 Å². The predicted molar refractivity (Wildman–Crippen MR) is 84.0 cm³/mol. The summed E-state index contributed by atoms with van der Waals surface area (Å²) in [6.07, 6.45) is 1.67. The van der Waals surface area contributed by atoms with Gasteiger partial charge in [0.25, 0.3) is 5.56 Å². The van der Waals surface area contributed by atoms with E-state index in [0.717, 1.165) is 11.4 Å². The fourth-order valence-corrected chi connectivity index (χ4v) is 2.38. The van der Waals surface area contributed by atoms with Crippen molar-refractivity contribution in [1.82, 2.24) is 14.5 Å². The van der Waals surface area contributed by atoms with E-state index in [0.29, 0.717) is 22.6 Å². The predicted octanol–water partition coefficient (Wildman–Crippen LogP) is 2.96. The highest BCUT2D eigenvalue weighted by molar-refractivity contribution is 9.10. The molecule has 0 atom stereocenters. The molecule has 0 saturated carbocycles. The van der Waals surface area contributed by atoms with Gasteiger partial charge in [-0.2, -0.15) is 5.10 Å². The average Bonchev–Trinajstić information content (AvgIpc) is 2.69. The molecular formula is C14H19BrN4O. The Kier molecular flexibility index (Phi) is 4.32. The fourth-order valence-electron chi connectivity index (χ4n) is 1.98. The number of hydrogen-bond donors (Lipinski definition) is 1. The van der Waals surface area contributed by atoms with E-state index in [1.54, 1.807) is 6.20 Å². The second-order valence-electron chi connectivity index (χ2n) is 5.32. The summed E-state index contributed by atoms with van der Waals surface area (Å²) >= 11 is 3.37. The van der Waals surface area contributed by atoms with Gasteiger partial charge in [-0.25, -0.2) is 4.68 Å². The second-order valence-corrected chi connectivity index (χ2v) is 6.11. The minimum absolute atomic E-state index is 0.119. The van der Waals surface area contributed by atoms with Crippen molar-refractivity contribution in [2.24, 2.45) is 5.92 Å². The maximum Gasteiger partial charge on any atom is 0.283 e. The standard InChI is InChI=1S/C14H19BrN4O/c1-9(2)8-18-14(20)13(15)12(7-16-18)17-19-10(3)5-6-11(19)4/h5-7,9,17H,8H2,1-4H3. The Morgan fingerprint density at radius 3 is 2.45 bits per heavy atom. The third-order valence-corrected chi connectivity index (χ3v) is 3.79. The Morgan fingerprint density at radius 2 is 1.90 bits per heavy atom. The van der Waals surface area contributed by atoms with Gasteiger partial charge in [0.2, 0.25) is 0 Å². The molecule has 0 saturated heterocycles. The summed E-state index contributed by atoms with van der Waals surface area (Å²) in [6.45, 7) is 8.73. The van der Waals surface area contributed by atoms with Crippen molar-refractivity contribution in [2.45, 2.75) is 34.2 Å². The van der Waals surface area contributed by atoms with Crippen molar-refractivity contribution in [3.8, 4) is 0 Å². The van der Waals surface area contributed by atoms with Crippen LogP contribution in [-0.2, 0) is 6.54 Å². The fraction of sp³-hybridized carbons (Fsp3) is 0.429. The van der Waals surface area contributed by atoms with Gasteiger partial charge < -0.3 is 0 Å². The van der Waals surface area contributed by atoms with Gasteiger partial charge in [0, 0.05) is 17.9 Å². The highest BCUT2D eigenvalue weighted by Crippen LogP contribution is 2.18. The quantitative estimate of drug-likeness (QED) is 0.932. The van der Waals surface area contributed by atoms with Gasteiger partial charge >= 0.3 is 0 Å². The van der Waals surface area contributed by atoms with Crippen molar-refractivity contribution in [3.05, 3.63) is 44.5 Å². The van der Waals surface area contributed by atoms with E-state index in [1.807, 2.05) is 30.7 Å². The zero-order valence-electron chi connectivity index (χ0n) is 12.1. The summed E-state index contributed by atoms with van der Waals surface area (Å²) in [6, 6.07) is 4.04. The van der Waals surface area contributed by atoms with Crippen LogP contribution in [0.15, 0.2) is 27.6 Å². The monoisotopic (exact) mass is 338 g/mol. The molecule has 0 spiro atoms. The molecule has 1 N–H and O–H groups in total. The van der Waals surface area contributed by atoms with Crippen LogP contribution >= 0.6 is 15.9 Å². The van der Waals surface area contributed by atoms with Crippen LogP contribution in [0.5, 0.6) is 0 Å².